The SMILES string of the molecule is COc1cc(C=C(C(=O)OCC(=O)N2CCCC2)c2ccc(-c3ccccc3)cc2)cc(OC)c1OC. The molecule has 0 N–H and O–H groups in total. The van der Waals surface area contributed by atoms with E-state index < -0.39 is 5.97 Å². The van der Waals surface area contributed by atoms with Gasteiger partial charge in [-0.2, -0.15) is 0 Å². The number of likely N-dealkylation sites (tertiary alicyclic amines) is 1. The maximum atomic E-state index is 13.3. The number of methoxy groups -OCH3 is 3. The molecule has 1 aliphatic heterocycles. The Kier molecular flexibility index (Phi) is 8.46. The molecule has 1 heterocycles. The van der Waals surface area contributed by atoms with Crippen molar-refractivity contribution in [2.75, 3.05) is 41.0 Å². The molecule has 0 atom stereocenters. The average molecular weight is 502 g/mol. The molecule has 0 spiro atoms. The molecule has 7 heteroatoms. The molecular weight excluding hydrogens is 470 g/mol. The molecule has 0 aromatic heterocycles. The van der Waals surface area contributed by atoms with E-state index in [1.165, 1.54) is 21.3 Å². The van der Waals surface area contributed by atoms with E-state index in [1.54, 1.807) is 23.1 Å². The maximum Gasteiger partial charge on any atom is 0.339 e. The van der Waals surface area contributed by atoms with Crippen molar-refractivity contribution in [3.8, 4) is 28.4 Å². The molecule has 3 aromatic carbocycles. The van der Waals surface area contributed by atoms with Gasteiger partial charge in [0.05, 0.1) is 26.9 Å². The van der Waals surface area contributed by atoms with Gasteiger partial charge in [0.1, 0.15) is 0 Å². The van der Waals surface area contributed by atoms with Crippen LogP contribution in [0.25, 0.3) is 22.8 Å². The minimum absolute atomic E-state index is 0.183. The summed E-state index contributed by atoms with van der Waals surface area (Å²) in [6.45, 7) is 1.10. The number of carbonyl (C=O) groups is 2. The van der Waals surface area contributed by atoms with Crippen molar-refractivity contribution in [3.05, 3.63) is 77.9 Å². The molecule has 4 rings (SSSR count). The Bertz CT molecular complexity index is 1240. The number of hydrogen-bond donors (Lipinski definition) is 0. The molecular formula is C30H31NO6. The van der Waals surface area contributed by atoms with Crippen LogP contribution in [0.3, 0.4) is 0 Å². The third kappa shape index (κ3) is 6.12. The molecule has 192 valence electrons. The van der Waals surface area contributed by atoms with Crippen LogP contribution >= 0.6 is 0 Å². The number of rotatable bonds is 9. The Morgan fingerprint density at radius 2 is 1.41 bits per heavy atom. The van der Waals surface area contributed by atoms with E-state index in [1.807, 2.05) is 54.6 Å². The molecule has 1 saturated heterocycles. The lowest BCUT2D eigenvalue weighted by Gasteiger charge is -2.16. The van der Waals surface area contributed by atoms with E-state index >= 15 is 0 Å². The molecule has 1 aliphatic rings. The van der Waals surface area contributed by atoms with Gasteiger partial charge in [0.15, 0.2) is 18.1 Å². The molecule has 37 heavy (non-hydrogen) atoms. The summed E-state index contributed by atoms with van der Waals surface area (Å²) in [5, 5.41) is 0. The highest BCUT2D eigenvalue weighted by atomic mass is 16.5. The maximum absolute atomic E-state index is 13.3. The third-order valence-electron chi connectivity index (χ3n) is 6.31. The number of hydrogen-bond acceptors (Lipinski definition) is 6. The smallest absolute Gasteiger partial charge is 0.339 e. The number of benzene rings is 3. The number of amides is 1. The topological polar surface area (TPSA) is 74.3 Å². The normalized spacial score (nSPS) is 13.3. The first-order valence-electron chi connectivity index (χ1n) is 12.2. The van der Waals surface area contributed by atoms with Gasteiger partial charge in [-0.05, 0) is 53.3 Å². The van der Waals surface area contributed by atoms with Gasteiger partial charge in [-0.3, -0.25) is 4.79 Å². The van der Waals surface area contributed by atoms with Crippen LogP contribution in [0.2, 0.25) is 0 Å². The zero-order valence-corrected chi connectivity index (χ0v) is 21.4. The second-order valence-electron chi connectivity index (χ2n) is 8.62. The van der Waals surface area contributed by atoms with E-state index in [2.05, 4.69) is 0 Å². The summed E-state index contributed by atoms with van der Waals surface area (Å²) in [7, 11) is 4.60. The Hall–Kier alpha value is -4.26. The number of nitrogens with zero attached hydrogens (tertiary/aromatic N) is 1. The van der Waals surface area contributed by atoms with Gasteiger partial charge in [-0.15, -0.1) is 0 Å². The molecule has 1 fully saturated rings. The van der Waals surface area contributed by atoms with E-state index in [4.69, 9.17) is 18.9 Å². The quantitative estimate of drug-likeness (QED) is 0.231. The van der Waals surface area contributed by atoms with Gasteiger partial charge in [-0.25, -0.2) is 4.79 Å². The molecule has 0 bridgehead atoms. The first kappa shape index (κ1) is 25.8. The van der Waals surface area contributed by atoms with Crippen LogP contribution in [0.4, 0.5) is 0 Å². The van der Waals surface area contributed by atoms with Gasteiger partial charge in [0, 0.05) is 13.1 Å². The van der Waals surface area contributed by atoms with Gasteiger partial charge in [0.2, 0.25) is 5.75 Å². The van der Waals surface area contributed by atoms with Crippen molar-refractivity contribution >= 4 is 23.5 Å². The highest BCUT2D eigenvalue weighted by molar-refractivity contribution is 6.22. The van der Waals surface area contributed by atoms with Gasteiger partial charge in [-0.1, -0.05) is 54.6 Å². The largest absolute Gasteiger partial charge is 0.493 e. The third-order valence-corrected chi connectivity index (χ3v) is 6.31. The monoisotopic (exact) mass is 501 g/mol. The predicted octanol–water partition coefficient (Wildman–Crippen LogP) is 5.09. The second kappa shape index (κ2) is 12.1. The van der Waals surface area contributed by atoms with E-state index in [-0.39, 0.29) is 12.5 Å². The first-order valence-corrected chi connectivity index (χ1v) is 12.2. The van der Waals surface area contributed by atoms with Crippen molar-refractivity contribution < 1.29 is 28.5 Å². The van der Waals surface area contributed by atoms with Crippen LogP contribution in [0.5, 0.6) is 17.2 Å². The molecule has 7 nitrogen and oxygen atoms in total. The summed E-state index contributed by atoms with van der Waals surface area (Å²) in [6, 6.07) is 21.1. The lowest BCUT2D eigenvalue weighted by atomic mass is 9.98. The molecule has 1 amide bonds. The van der Waals surface area contributed by atoms with Crippen LogP contribution in [-0.4, -0.2) is 57.8 Å². The standard InChI is InChI=1S/C30H31NO6/c1-34-26-18-21(19-27(35-2)29(26)36-3)17-25(30(33)37-20-28(32)31-15-7-8-16-31)24-13-11-23(12-14-24)22-9-5-4-6-10-22/h4-6,9-14,17-19H,7-8,15-16,20H2,1-3H3. The Labute approximate surface area is 217 Å². The minimum atomic E-state index is -0.589. The van der Waals surface area contributed by atoms with Gasteiger partial charge < -0.3 is 23.8 Å². The van der Waals surface area contributed by atoms with Crippen molar-refractivity contribution in [3.63, 3.8) is 0 Å². The van der Waals surface area contributed by atoms with Crippen molar-refractivity contribution in [1.82, 2.24) is 4.90 Å². The van der Waals surface area contributed by atoms with Crippen LogP contribution in [0, 0.1) is 0 Å². The molecule has 0 aliphatic carbocycles. The van der Waals surface area contributed by atoms with Gasteiger partial charge >= 0.3 is 5.97 Å². The Morgan fingerprint density at radius 3 is 1.97 bits per heavy atom. The lowest BCUT2D eigenvalue weighted by Crippen LogP contribution is -2.32. The fraction of sp³-hybridized carbons (Fsp3) is 0.267. The average Bonchev–Trinajstić information content (AvgIpc) is 3.50. The lowest BCUT2D eigenvalue weighted by molar-refractivity contribution is -0.146. The minimum Gasteiger partial charge on any atom is -0.493 e. The fourth-order valence-corrected chi connectivity index (χ4v) is 4.35. The van der Waals surface area contributed by atoms with E-state index in [0.717, 1.165) is 24.0 Å². The summed E-state index contributed by atoms with van der Waals surface area (Å²) in [6.07, 6.45) is 3.64. The Balaban J connectivity index is 1.68. The highest BCUT2D eigenvalue weighted by Crippen LogP contribution is 2.39. The summed E-state index contributed by atoms with van der Waals surface area (Å²) < 4.78 is 21.8. The van der Waals surface area contributed by atoms with Crippen LogP contribution in [0.15, 0.2) is 66.7 Å². The van der Waals surface area contributed by atoms with Crippen molar-refractivity contribution in [2.45, 2.75) is 12.8 Å². The van der Waals surface area contributed by atoms with Gasteiger partial charge in [0.25, 0.3) is 5.91 Å². The first-order chi connectivity index (χ1) is 18.0. The summed E-state index contributed by atoms with van der Waals surface area (Å²) >= 11 is 0. The van der Waals surface area contributed by atoms with Crippen molar-refractivity contribution in [2.24, 2.45) is 0 Å². The molecule has 0 unspecified atom stereocenters. The molecule has 3 aromatic rings. The predicted molar refractivity (Wildman–Crippen MR) is 143 cm³/mol. The molecule has 0 saturated carbocycles. The summed E-state index contributed by atoms with van der Waals surface area (Å²) in [5.41, 5.74) is 3.71. The zero-order chi connectivity index (χ0) is 26.2. The molecule has 0 radical (unpaired) electrons. The van der Waals surface area contributed by atoms with E-state index in [9.17, 15) is 9.59 Å². The highest BCUT2D eigenvalue weighted by Gasteiger charge is 2.22. The van der Waals surface area contributed by atoms with E-state index in [0.29, 0.717) is 47.0 Å². The summed E-state index contributed by atoms with van der Waals surface area (Å²) in [5.74, 6) is 0.606. The van der Waals surface area contributed by atoms with Crippen LogP contribution in [-0.2, 0) is 14.3 Å². The van der Waals surface area contributed by atoms with Crippen LogP contribution < -0.4 is 14.2 Å². The zero-order valence-electron chi connectivity index (χ0n) is 21.4. The summed E-state index contributed by atoms with van der Waals surface area (Å²) in [4.78, 5) is 27.5. The number of carbonyl (C=O) groups excluding carboxylic acids is 2. The number of esters is 1. The number of ether oxygens (including phenoxy) is 4. The van der Waals surface area contributed by atoms with Crippen molar-refractivity contribution in [1.29, 1.82) is 0 Å². The Morgan fingerprint density at radius 1 is 0.811 bits per heavy atom. The van der Waals surface area contributed by atoms with Crippen LogP contribution in [0.1, 0.15) is 24.0 Å². The fourth-order valence-electron chi connectivity index (χ4n) is 4.35. The second-order valence-corrected chi connectivity index (χ2v) is 8.62.